The minimum atomic E-state index is -3.44. The molecule has 0 spiro atoms. The Labute approximate surface area is 134 Å². The molecule has 1 heterocycles. The summed E-state index contributed by atoms with van der Waals surface area (Å²) in [4.78, 5) is 12.0. The van der Waals surface area contributed by atoms with Gasteiger partial charge in [-0.15, -0.1) is 0 Å². The van der Waals surface area contributed by atoms with Crippen molar-refractivity contribution in [1.82, 2.24) is 9.78 Å². The summed E-state index contributed by atoms with van der Waals surface area (Å²) < 4.78 is 24.5. The van der Waals surface area contributed by atoms with Crippen LogP contribution >= 0.6 is 11.6 Å². The molecule has 8 heteroatoms. The lowest BCUT2D eigenvalue weighted by atomic mass is 10.3. The van der Waals surface area contributed by atoms with E-state index in [4.69, 9.17) is 11.6 Å². The number of amides is 1. The molecule has 1 atom stereocenters. The minimum Gasteiger partial charge on any atom is -0.322 e. The molecule has 1 aromatic heterocycles. The van der Waals surface area contributed by atoms with Crippen LogP contribution in [-0.2, 0) is 14.6 Å². The molecule has 0 aliphatic heterocycles. The topological polar surface area (TPSA) is 81.1 Å². The van der Waals surface area contributed by atoms with Crippen LogP contribution in [0.3, 0.4) is 0 Å². The van der Waals surface area contributed by atoms with Crippen molar-refractivity contribution in [3.63, 3.8) is 0 Å². The molecule has 1 amide bonds. The summed E-state index contributed by atoms with van der Waals surface area (Å²) >= 11 is 5.85. The number of nitrogens with one attached hydrogen (secondary N) is 1. The Morgan fingerprint density at radius 3 is 2.45 bits per heavy atom. The molecular formula is C14H16ClN3O3S. The maximum absolute atomic E-state index is 12.0. The van der Waals surface area contributed by atoms with Crippen LogP contribution < -0.4 is 5.32 Å². The van der Waals surface area contributed by atoms with Gasteiger partial charge in [-0.3, -0.25) is 4.79 Å². The standard InChI is InChI=1S/C14H16ClN3O3S/c1-9-13(17-14(19)10(2)22(3,20)21)8-16-18(9)12-6-4-11(15)5-7-12/h4-8,10H,1-3H3,(H,17,19). The van der Waals surface area contributed by atoms with Crippen molar-refractivity contribution in [1.29, 1.82) is 0 Å². The van der Waals surface area contributed by atoms with Gasteiger partial charge in [-0.05, 0) is 38.1 Å². The summed E-state index contributed by atoms with van der Waals surface area (Å²) in [5, 5.41) is 6.29. The van der Waals surface area contributed by atoms with E-state index in [1.807, 2.05) is 0 Å². The maximum atomic E-state index is 12.0. The SMILES string of the molecule is Cc1c(NC(=O)C(C)S(C)(=O)=O)cnn1-c1ccc(Cl)cc1. The van der Waals surface area contributed by atoms with Gasteiger partial charge in [0.25, 0.3) is 0 Å². The Morgan fingerprint density at radius 2 is 1.91 bits per heavy atom. The van der Waals surface area contributed by atoms with Gasteiger partial charge in [-0.1, -0.05) is 11.6 Å². The molecule has 0 fully saturated rings. The summed E-state index contributed by atoms with van der Waals surface area (Å²) in [5.41, 5.74) is 1.95. The number of carbonyl (C=O) groups is 1. The number of carbonyl (C=O) groups excluding carboxylic acids is 1. The van der Waals surface area contributed by atoms with Gasteiger partial charge in [0, 0.05) is 11.3 Å². The van der Waals surface area contributed by atoms with E-state index >= 15 is 0 Å². The predicted octanol–water partition coefficient (Wildman–Crippen LogP) is 2.21. The minimum absolute atomic E-state index is 0.468. The van der Waals surface area contributed by atoms with Gasteiger partial charge in [0.05, 0.1) is 23.3 Å². The van der Waals surface area contributed by atoms with E-state index in [2.05, 4.69) is 10.4 Å². The highest BCUT2D eigenvalue weighted by atomic mass is 35.5. The molecule has 118 valence electrons. The van der Waals surface area contributed by atoms with Gasteiger partial charge < -0.3 is 5.32 Å². The zero-order valence-corrected chi connectivity index (χ0v) is 13.9. The van der Waals surface area contributed by atoms with Crippen molar-refractivity contribution in [3.8, 4) is 5.69 Å². The first-order valence-corrected chi connectivity index (χ1v) is 8.83. The molecule has 6 nitrogen and oxygen atoms in total. The summed E-state index contributed by atoms with van der Waals surface area (Å²) in [6.45, 7) is 3.13. The highest BCUT2D eigenvalue weighted by Gasteiger charge is 2.24. The molecule has 1 N–H and O–H groups in total. The number of aromatic nitrogens is 2. The Hall–Kier alpha value is -1.86. The largest absolute Gasteiger partial charge is 0.322 e. The molecule has 0 radical (unpaired) electrons. The highest BCUT2D eigenvalue weighted by Crippen LogP contribution is 2.20. The fraction of sp³-hybridized carbons (Fsp3) is 0.286. The fourth-order valence-electron chi connectivity index (χ4n) is 1.80. The lowest BCUT2D eigenvalue weighted by Crippen LogP contribution is -2.31. The van der Waals surface area contributed by atoms with Gasteiger partial charge in [-0.2, -0.15) is 5.10 Å². The monoisotopic (exact) mass is 341 g/mol. The molecule has 2 rings (SSSR count). The molecule has 0 saturated heterocycles. The first-order valence-electron chi connectivity index (χ1n) is 6.50. The van der Waals surface area contributed by atoms with E-state index in [0.29, 0.717) is 16.4 Å². The maximum Gasteiger partial charge on any atom is 0.242 e. The van der Waals surface area contributed by atoms with E-state index in [9.17, 15) is 13.2 Å². The van der Waals surface area contributed by atoms with Crippen molar-refractivity contribution < 1.29 is 13.2 Å². The fourth-order valence-corrected chi connectivity index (χ4v) is 2.38. The number of hydrogen-bond donors (Lipinski definition) is 1. The van der Waals surface area contributed by atoms with Gasteiger partial charge in [0.15, 0.2) is 9.84 Å². The Morgan fingerprint density at radius 1 is 1.32 bits per heavy atom. The Kier molecular flexibility index (Phi) is 4.58. The summed E-state index contributed by atoms with van der Waals surface area (Å²) in [6, 6.07) is 7.07. The number of hydrogen-bond acceptors (Lipinski definition) is 4. The third-order valence-electron chi connectivity index (χ3n) is 3.35. The van der Waals surface area contributed by atoms with Crippen molar-refractivity contribution in [2.24, 2.45) is 0 Å². The quantitative estimate of drug-likeness (QED) is 0.924. The predicted molar refractivity (Wildman–Crippen MR) is 86.2 cm³/mol. The van der Waals surface area contributed by atoms with Crippen molar-refractivity contribution in [2.75, 3.05) is 11.6 Å². The first-order chi connectivity index (χ1) is 10.2. The van der Waals surface area contributed by atoms with Gasteiger partial charge in [0.1, 0.15) is 5.25 Å². The van der Waals surface area contributed by atoms with Gasteiger partial charge in [0.2, 0.25) is 5.91 Å². The third kappa shape index (κ3) is 3.48. The number of sulfone groups is 1. The van der Waals surface area contributed by atoms with Crippen molar-refractivity contribution >= 4 is 33.0 Å². The molecule has 2 aromatic rings. The normalized spacial score (nSPS) is 12.9. The van der Waals surface area contributed by atoms with E-state index < -0.39 is 21.0 Å². The second-order valence-electron chi connectivity index (χ2n) is 4.99. The van der Waals surface area contributed by atoms with Crippen LogP contribution in [-0.4, -0.2) is 35.6 Å². The number of halogens is 1. The van der Waals surface area contributed by atoms with E-state index in [1.54, 1.807) is 35.9 Å². The van der Waals surface area contributed by atoms with Crippen LogP contribution in [0.25, 0.3) is 5.69 Å². The molecule has 0 saturated carbocycles. The van der Waals surface area contributed by atoms with Crippen molar-refractivity contribution in [2.45, 2.75) is 19.1 Å². The van der Waals surface area contributed by atoms with Crippen LogP contribution in [0, 0.1) is 6.92 Å². The van der Waals surface area contributed by atoms with Gasteiger partial charge >= 0.3 is 0 Å². The summed E-state index contributed by atoms with van der Waals surface area (Å²) in [6.07, 6.45) is 2.51. The van der Waals surface area contributed by atoms with E-state index in [0.717, 1.165) is 11.9 Å². The first kappa shape index (κ1) is 16.5. The van der Waals surface area contributed by atoms with Gasteiger partial charge in [-0.25, -0.2) is 13.1 Å². The molecule has 0 bridgehead atoms. The number of benzene rings is 1. The van der Waals surface area contributed by atoms with Crippen LogP contribution in [0.5, 0.6) is 0 Å². The molecular weight excluding hydrogens is 326 g/mol. The number of anilines is 1. The van der Waals surface area contributed by atoms with E-state index in [-0.39, 0.29) is 0 Å². The molecule has 1 aromatic carbocycles. The molecule has 22 heavy (non-hydrogen) atoms. The number of nitrogens with zero attached hydrogens (tertiary/aromatic N) is 2. The zero-order valence-electron chi connectivity index (χ0n) is 12.4. The number of rotatable bonds is 4. The van der Waals surface area contributed by atoms with Crippen LogP contribution in [0.15, 0.2) is 30.5 Å². The summed E-state index contributed by atoms with van der Waals surface area (Å²) in [5.74, 6) is -0.582. The Bertz CT molecular complexity index is 797. The zero-order chi connectivity index (χ0) is 16.5. The average molecular weight is 342 g/mol. The molecule has 1 unspecified atom stereocenters. The molecule has 0 aliphatic carbocycles. The lowest BCUT2D eigenvalue weighted by Gasteiger charge is -2.10. The second kappa shape index (κ2) is 6.10. The lowest BCUT2D eigenvalue weighted by molar-refractivity contribution is -0.115. The smallest absolute Gasteiger partial charge is 0.242 e. The molecule has 0 aliphatic rings. The van der Waals surface area contributed by atoms with E-state index in [1.165, 1.54) is 13.1 Å². The van der Waals surface area contributed by atoms with Crippen LogP contribution in [0.2, 0.25) is 5.02 Å². The average Bonchev–Trinajstić information content (AvgIpc) is 2.79. The second-order valence-corrected chi connectivity index (χ2v) is 7.80. The van der Waals surface area contributed by atoms with Crippen LogP contribution in [0.1, 0.15) is 12.6 Å². The van der Waals surface area contributed by atoms with Crippen LogP contribution in [0.4, 0.5) is 5.69 Å². The summed E-state index contributed by atoms with van der Waals surface area (Å²) in [7, 11) is -3.44. The Balaban J connectivity index is 2.25. The van der Waals surface area contributed by atoms with Crippen molar-refractivity contribution in [3.05, 3.63) is 41.2 Å². The highest BCUT2D eigenvalue weighted by molar-refractivity contribution is 7.92. The third-order valence-corrected chi connectivity index (χ3v) is 5.10.